The number of nitrogens with two attached hydrogens (primary N) is 1. The zero-order valence-corrected chi connectivity index (χ0v) is 9.09. The molecule has 0 spiro atoms. The number of nitrogens with zero attached hydrogens (tertiary/aromatic N) is 2. The number of rotatable bonds is 2. The fourth-order valence-electron chi connectivity index (χ4n) is 1.15. The van der Waals surface area contributed by atoms with Crippen molar-refractivity contribution in [2.75, 3.05) is 0 Å². The van der Waals surface area contributed by atoms with E-state index in [1.165, 1.54) is 0 Å². The van der Waals surface area contributed by atoms with Crippen LogP contribution in [0.1, 0.15) is 5.89 Å². The number of hydrogen-bond donors (Lipinski definition) is 1. The van der Waals surface area contributed by atoms with Crippen LogP contribution in [0.2, 0.25) is 10.0 Å². The van der Waals surface area contributed by atoms with Gasteiger partial charge in [-0.15, -0.1) is 0 Å². The SMILES string of the molecule is NCc1nc(-c2c(Cl)cccc2Cl)no1. The van der Waals surface area contributed by atoms with Crippen molar-refractivity contribution < 1.29 is 4.52 Å². The van der Waals surface area contributed by atoms with Gasteiger partial charge in [-0.1, -0.05) is 34.4 Å². The van der Waals surface area contributed by atoms with Gasteiger partial charge in [-0.05, 0) is 12.1 Å². The maximum atomic E-state index is 5.98. The second kappa shape index (κ2) is 4.18. The van der Waals surface area contributed by atoms with Gasteiger partial charge in [0.1, 0.15) is 0 Å². The van der Waals surface area contributed by atoms with Crippen LogP contribution in [0.5, 0.6) is 0 Å². The van der Waals surface area contributed by atoms with E-state index in [0.29, 0.717) is 27.3 Å². The summed E-state index contributed by atoms with van der Waals surface area (Å²) in [7, 11) is 0. The third-order valence-electron chi connectivity index (χ3n) is 1.83. The zero-order chi connectivity index (χ0) is 10.8. The first-order valence-electron chi connectivity index (χ1n) is 4.19. The van der Waals surface area contributed by atoms with E-state index in [0.717, 1.165) is 0 Å². The van der Waals surface area contributed by atoms with Crippen LogP contribution >= 0.6 is 23.2 Å². The number of hydrogen-bond acceptors (Lipinski definition) is 4. The highest BCUT2D eigenvalue weighted by molar-refractivity contribution is 6.38. The molecule has 2 aromatic rings. The second-order valence-electron chi connectivity index (χ2n) is 2.81. The van der Waals surface area contributed by atoms with E-state index in [-0.39, 0.29) is 6.54 Å². The fourth-order valence-corrected chi connectivity index (χ4v) is 1.72. The first-order valence-corrected chi connectivity index (χ1v) is 4.95. The molecule has 0 aliphatic carbocycles. The van der Waals surface area contributed by atoms with Crippen LogP contribution in [0.25, 0.3) is 11.4 Å². The van der Waals surface area contributed by atoms with Gasteiger partial charge in [0.25, 0.3) is 0 Å². The molecule has 1 aromatic carbocycles. The van der Waals surface area contributed by atoms with Crippen LogP contribution in [0.15, 0.2) is 22.7 Å². The lowest BCUT2D eigenvalue weighted by atomic mass is 10.2. The minimum atomic E-state index is 0.190. The van der Waals surface area contributed by atoms with E-state index in [4.69, 9.17) is 33.5 Å². The molecule has 1 aromatic heterocycles. The van der Waals surface area contributed by atoms with Gasteiger partial charge in [0.2, 0.25) is 11.7 Å². The Bertz CT molecular complexity index is 464. The van der Waals surface area contributed by atoms with E-state index in [9.17, 15) is 0 Å². The van der Waals surface area contributed by atoms with E-state index in [1.54, 1.807) is 18.2 Å². The molecular formula is C9H7Cl2N3O. The molecule has 15 heavy (non-hydrogen) atoms. The van der Waals surface area contributed by atoms with Crippen LogP contribution in [0.3, 0.4) is 0 Å². The van der Waals surface area contributed by atoms with Crippen LogP contribution in [-0.2, 0) is 6.54 Å². The quantitative estimate of drug-likeness (QED) is 0.881. The van der Waals surface area contributed by atoms with Gasteiger partial charge in [0, 0.05) is 0 Å². The Kier molecular flexibility index (Phi) is 2.90. The summed E-state index contributed by atoms with van der Waals surface area (Å²) in [4.78, 5) is 4.05. The monoisotopic (exact) mass is 243 g/mol. The average Bonchev–Trinajstić information content (AvgIpc) is 2.66. The molecule has 0 amide bonds. The van der Waals surface area contributed by atoms with Crippen molar-refractivity contribution in [3.63, 3.8) is 0 Å². The van der Waals surface area contributed by atoms with Crippen molar-refractivity contribution in [1.82, 2.24) is 10.1 Å². The van der Waals surface area contributed by atoms with Gasteiger partial charge < -0.3 is 10.3 Å². The summed E-state index contributed by atoms with van der Waals surface area (Å²) < 4.78 is 4.87. The second-order valence-corrected chi connectivity index (χ2v) is 3.63. The molecule has 2 rings (SSSR count). The lowest BCUT2D eigenvalue weighted by molar-refractivity contribution is 0.380. The largest absolute Gasteiger partial charge is 0.338 e. The van der Waals surface area contributed by atoms with E-state index in [2.05, 4.69) is 10.1 Å². The lowest BCUT2D eigenvalue weighted by Crippen LogP contribution is -1.95. The highest BCUT2D eigenvalue weighted by atomic mass is 35.5. The molecule has 0 saturated carbocycles. The molecule has 0 bridgehead atoms. The summed E-state index contributed by atoms with van der Waals surface area (Å²) in [5.41, 5.74) is 5.91. The van der Waals surface area contributed by atoms with Crippen molar-refractivity contribution in [2.24, 2.45) is 5.73 Å². The van der Waals surface area contributed by atoms with Gasteiger partial charge in [0.05, 0.1) is 22.2 Å². The Morgan fingerprint density at radius 2 is 1.93 bits per heavy atom. The first kappa shape index (κ1) is 10.4. The Morgan fingerprint density at radius 1 is 1.27 bits per heavy atom. The highest BCUT2D eigenvalue weighted by Gasteiger charge is 2.14. The maximum Gasteiger partial charge on any atom is 0.240 e. The molecule has 1 heterocycles. The van der Waals surface area contributed by atoms with Crippen LogP contribution in [-0.4, -0.2) is 10.1 Å². The molecule has 0 atom stereocenters. The molecular weight excluding hydrogens is 237 g/mol. The minimum absolute atomic E-state index is 0.190. The van der Waals surface area contributed by atoms with Crippen molar-refractivity contribution in [2.45, 2.75) is 6.54 Å². The molecule has 0 unspecified atom stereocenters. The Morgan fingerprint density at radius 3 is 2.47 bits per heavy atom. The Labute approximate surface area is 96.0 Å². The molecule has 0 fully saturated rings. The molecule has 6 heteroatoms. The molecule has 0 aliphatic rings. The predicted molar refractivity (Wildman–Crippen MR) is 57.6 cm³/mol. The van der Waals surface area contributed by atoms with Crippen molar-refractivity contribution in [3.8, 4) is 11.4 Å². The minimum Gasteiger partial charge on any atom is -0.338 e. The summed E-state index contributed by atoms with van der Waals surface area (Å²) >= 11 is 12.0. The molecule has 0 saturated heterocycles. The Balaban J connectivity index is 2.53. The van der Waals surface area contributed by atoms with Gasteiger partial charge in [-0.25, -0.2) is 0 Å². The average molecular weight is 244 g/mol. The summed E-state index contributed by atoms with van der Waals surface area (Å²) in [6.07, 6.45) is 0. The van der Waals surface area contributed by atoms with Crippen molar-refractivity contribution in [3.05, 3.63) is 34.1 Å². The van der Waals surface area contributed by atoms with Crippen molar-refractivity contribution >= 4 is 23.2 Å². The number of halogens is 2. The standard InChI is InChI=1S/C9H7Cl2N3O/c10-5-2-1-3-6(11)8(5)9-13-7(4-12)15-14-9/h1-3H,4,12H2. The van der Waals surface area contributed by atoms with Gasteiger partial charge >= 0.3 is 0 Å². The summed E-state index contributed by atoms with van der Waals surface area (Å²) in [6, 6.07) is 5.17. The number of aromatic nitrogens is 2. The molecule has 78 valence electrons. The van der Waals surface area contributed by atoms with Crippen molar-refractivity contribution in [1.29, 1.82) is 0 Å². The van der Waals surface area contributed by atoms with Crippen LogP contribution in [0.4, 0.5) is 0 Å². The molecule has 0 aliphatic heterocycles. The van der Waals surface area contributed by atoms with Gasteiger partial charge in [-0.3, -0.25) is 0 Å². The van der Waals surface area contributed by atoms with E-state index in [1.807, 2.05) is 0 Å². The summed E-state index contributed by atoms with van der Waals surface area (Å²) in [5.74, 6) is 0.701. The normalized spacial score (nSPS) is 10.6. The fraction of sp³-hybridized carbons (Fsp3) is 0.111. The highest BCUT2D eigenvalue weighted by Crippen LogP contribution is 2.32. The van der Waals surface area contributed by atoms with Crippen LogP contribution in [0, 0.1) is 0 Å². The summed E-state index contributed by atoms with van der Waals surface area (Å²) in [5, 5.41) is 4.70. The lowest BCUT2D eigenvalue weighted by Gasteiger charge is -2.00. The third kappa shape index (κ3) is 1.97. The summed E-state index contributed by atoms with van der Waals surface area (Å²) in [6.45, 7) is 0.190. The third-order valence-corrected chi connectivity index (χ3v) is 2.46. The molecule has 2 N–H and O–H groups in total. The van der Waals surface area contributed by atoms with E-state index < -0.39 is 0 Å². The van der Waals surface area contributed by atoms with Crippen LogP contribution < -0.4 is 5.73 Å². The zero-order valence-electron chi connectivity index (χ0n) is 7.58. The first-order chi connectivity index (χ1) is 7.22. The van der Waals surface area contributed by atoms with Gasteiger partial charge in [-0.2, -0.15) is 4.98 Å². The Hall–Kier alpha value is -1.10. The van der Waals surface area contributed by atoms with E-state index >= 15 is 0 Å². The predicted octanol–water partition coefficient (Wildman–Crippen LogP) is 2.50. The smallest absolute Gasteiger partial charge is 0.240 e. The molecule has 4 nitrogen and oxygen atoms in total. The maximum absolute atomic E-state index is 5.98. The topological polar surface area (TPSA) is 64.9 Å². The number of benzene rings is 1. The van der Waals surface area contributed by atoms with Gasteiger partial charge in [0.15, 0.2) is 0 Å². The molecule has 0 radical (unpaired) electrons.